The zero-order valence-electron chi connectivity index (χ0n) is 20.2. The molecule has 184 valence electrons. The average Bonchev–Trinajstić information content (AvgIpc) is 2.75. The molecule has 0 saturated heterocycles. The molecule has 2 N–H and O–H groups in total. The largest absolute Gasteiger partial charge is 0.493 e. The number of benzene rings is 1. The molecule has 0 radical (unpaired) electrons. The maximum absolute atomic E-state index is 11.5. The van der Waals surface area contributed by atoms with E-state index in [-0.39, 0.29) is 18.7 Å². The predicted octanol–water partition coefficient (Wildman–Crippen LogP) is 7.22. The Balaban J connectivity index is 2.22. The van der Waals surface area contributed by atoms with Gasteiger partial charge in [-0.25, -0.2) is 0 Å². The Morgan fingerprint density at radius 2 is 1.50 bits per heavy atom. The summed E-state index contributed by atoms with van der Waals surface area (Å²) in [4.78, 5) is 18.8. The first-order valence-electron chi connectivity index (χ1n) is 12.4. The predicted molar refractivity (Wildman–Crippen MR) is 134 cm³/mol. The molecule has 0 aliphatic rings. The number of para-hydroxylation sites is 1. The Hall–Kier alpha value is -1.13. The third-order valence-electron chi connectivity index (χ3n) is 5.48. The van der Waals surface area contributed by atoms with Crippen molar-refractivity contribution in [3.63, 3.8) is 0 Å². The molecule has 1 unspecified atom stereocenters. The van der Waals surface area contributed by atoms with Crippen LogP contribution in [0.1, 0.15) is 90.0 Å². The monoisotopic (exact) mass is 468 g/mol. The van der Waals surface area contributed by atoms with E-state index in [0.29, 0.717) is 19.0 Å². The Morgan fingerprint density at radius 1 is 0.906 bits per heavy atom. The molecule has 0 amide bonds. The fraction of sp³-hybridized carbons (Fsp3) is 0.692. The van der Waals surface area contributed by atoms with E-state index < -0.39 is 7.60 Å². The molecule has 0 aliphatic carbocycles. The lowest BCUT2D eigenvalue weighted by atomic mass is 10.1. The highest BCUT2D eigenvalue weighted by Crippen LogP contribution is 2.37. The summed E-state index contributed by atoms with van der Waals surface area (Å²) in [5.74, 6) is 0.369. The number of allylic oxidation sites excluding steroid dienone is 1. The van der Waals surface area contributed by atoms with Crippen molar-refractivity contribution in [2.45, 2.75) is 84.5 Å². The molecule has 6 heteroatoms. The Labute approximate surface area is 195 Å². The second-order valence-electron chi connectivity index (χ2n) is 8.67. The van der Waals surface area contributed by atoms with Gasteiger partial charge in [-0.05, 0) is 19.4 Å². The topological polar surface area (TPSA) is 76.0 Å². The van der Waals surface area contributed by atoms with Gasteiger partial charge in [0.25, 0.3) is 0 Å². The van der Waals surface area contributed by atoms with E-state index in [2.05, 4.69) is 6.92 Å². The summed E-state index contributed by atoms with van der Waals surface area (Å²) in [6, 6.07) is 7.65. The van der Waals surface area contributed by atoms with Gasteiger partial charge in [0, 0.05) is 18.1 Å². The van der Waals surface area contributed by atoms with E-state index in [9.17, 15) is 14.4 Å². The van der Waals surface area contributed by atoms with Gasteiger partial charge in [-0.15, -0.1) is 0 Å². The molecular formula is C26H45O5P. The first-order chi connectivity index (χ1) is 15.5. The van der Waals surface area contributed by atoms with Crippen molar-refractivity contribution in [3.05, 3.63) is 35.9 Å². The highest BCUT2D eigenvalue weighted by molar-refractivity contribution is 7.51. The van der Waals surface area contributed by atoms with Gasteiger partial charge in [-0.2, -0.15) is 0 Å². The molecule has 0 bridgehead atoms. The first-order valence-corrected chi connectivity index (χ1v) is 14.2. The van der Waals surface area contributed by atoms with Gasteiger partial charge in [-0.1, -0.05) is 101 Å². The lowest BCUT2D eigenvalue weighted by Gasteiger charge is -2.19. The third-order valence-corrected chi connectivity index (χ3v) is 6.47. The van der Waals surface area contributed by atoms with Crippen molar-refractivity contribution in [3.8, 4) is 5.75 Å². The molecule has 32 heavy (non-hydrogen) atoms. The standard InChI is InChI=1S/C26H45O5P/c1-3-5-6-7-8-9-10-11-12-13-16-20-30-21-24(23-32(27,28)29)22-31-26-19-15-14-18-25(26)17-4-2/h4,14-15,17-19,24H,3,5-13,16,20-23H2,1-2H3,(H2,27,28,29). The van der Waals surface area contributed by atoms with Gasteiger partial charge < -0.3 is 19.3 Å². The number of hydrogen-bond donors (Lipinski definition) is 2. The smallest absolute Gasteiger partial charge is 0.326 e. The van der Waals surface area contributed by atoms with E-state index in [1.165, 1.54) is 57.8 Å². The van der Waals surface area contributed by atoms with Gasteiger partial charge in [-0.3, -0.25) is 4.57 Å². The molecule has 1 atom stereocenters. The second-order valence-corrected chi connectivity index (χ2v) is 10.4. The lowest BCUT2D eigenvalue weighted by Crippen LogP contribution is -2.22. The molecular weight excluding hydrogens is 423 g/mol. The summed E-state index contributed by atoms with van der Waals surface area (Å²) in [5.41, 5.74) is 0.951. The van der Waals surface area contributed by atoms with Crippen LogP contribution < -0.4 is 4.74 Å². The van der Waals surface area contributed by atoms with Gasteiger partial charge in [0.05, 0.1) is 19.4 Å². The number of unbranched alkanes of at least 4 members (excludes halogenated alkanes) is 10. The Kier molecular flexibility index (Phi) is 16.5. The Morgan fingerprint density at radius 3 is 2.09 bits per heavy atom. The summed E-state index contributed by atoms with van der Waals surface area (Å²) in [6.07, 6.45) is 17.8. The average molecular weight is 469 g/mol. The van der Waals surface area contributed by atoms with E-state index in [4.69, 9.17) is 9.47 Å². The van der Waals surface area contributed by atoms with Crippen LogP contribution in [0.5, 0.6) is 5.75 Å². The van der Waals surface area contributed by atoms with Crippen molar-refractivity contribution in [2.24, 2.45) is 5.92 Å². The van der Waals surface area contributed by atoms with Crippen LogP contribution in [0.25, 0.3) is 6.08 Å². The molecule has 1 rings (SSSR count). The highest BCUT2D eigenvalue weighted by Gasteiger charge is 2.23. The molecule has 1 aromatic rings. The maximum atomic E-state index is 11.5. The summed E-state index contributed by atoms with van der Waals surface area (Å²) < 4.78 is 23.2. The van der Waals surface area contributed by atoms with Gasteiger partial charge in [0.2, 0.25) is 0 Å². The summed E-state index contributed by atoms with van der Waals surface area (Å²) in [6.45, 7) is 5.34. The number of hydrogen-bond acceptors (Lipinski definition) is 3. The first kappa shape index (κ1) is 28.9. The normalized spacial score (nSPS) is 13.0. The maximum Gasteiger partial charge on any atom is 0.326 e. The van der Waals surface area contributed by atoms with Crippen molar-refractivity contribution < 1.29 is 23.8 Å². The molecule has 0 saturated carbocycles. The highest BCUT2D eigenvalue weighted by atomic mass is 31.2. The zero-order valence-corrected chi connectivity index (χ0v) is 21.1. The van der Waals surface area contributed by atoms with Gasteiger partial charge in [0.1, 0.15) is 5.75 Å². The van der Waals surface area contributed by atoms with Crippen LogP contribution in [0, 0.1) is 5.92 Å². The molecule has 0 spiro atoms. The second kappa shape index (κ2) is 18.3. The van der Waals surface area contributed by atoms with Crippen LogP contribution in [-0.4, -0.2) is 35.8 Å². The molecule has 1 aromatic carbocycles. The zero-order chi connectivity index (χ0) is 23.5. The molecule has 0 aromatic heterocycles. The van der Waals surface area contributed by atoms with Gasteiger partial charge in [0.15, 0.2) is 0 Å². The fourth-order valence-corrected chi connectivity index (χ4v) is 4.63. The summed E-state index contributed by atoms with van der Waals surface area (Å²) >= 11 is 0. The van der Waals surface area contributed by atoms with Crippen molar-refractivity contribution in [1.29, 1.82) is 0 Å². The fourth-order valence-electron chi connectivity index (χ4n) is 3.75. The van der Waals surface area contributed by atoms with Crippen molar-refractivity contribution in [1.82, 2.24) is 0 Å². The summed E-state index contributed by atoms with van der Waals surface area (Å²) in [5, 5.41) is 0. The van der Waals surface area contributed by atoms with Crippen LogP contribution >= 0.6 is 7.60 Å². The van der Waals surface area contributed by atoms with Crippen LogP contribution in [0.4, 0.5) is 0 Å². The quantitative estimate of drug-likeness (QED) is 0.156. The molecule has 0 fully saturated rings. The van der Waals surface area contributed by atoms with Crippen LogP contribution in [0.3, 0.4) is 0 Å². The summed E-state index contributed by atoms with van der Waals surface area (Å²) in [7, 11) is -4.13. The van der Waals surface area contributed by atoms with Gasteiger partial charge >= 0.3 is 7.60 Å². The SMILES string of the molecule is CC=Cc1ccccc1OCC(COCCCCCCCCCCCCC)CP(=O)(O)O. The minimum atomic E-state index is -4.13. The van der Waals surface area contributed by atoms with Crippen molar-refractivity contribution >= 4 is 13.7 Å². The van der Waals surface area contributed by atoms with Crippen molar-refractivity contribution in [2.75, 3.05) is 26.0 Å². The van der Waals surface area contributed by atoms with Crippen LogP contribution in [0.15, 0.2) is 30.3 Å². The van der Waals surface area contributed by atoms with Crippen LogP contribution in [-0.2, 0) is 9.30 Å². The minimum Gasteiger partial charge on any atom is -0.493 e. The number of ether oxygens (including phenoxy) is 2. The van der Waals surface area contributed by atoms with E-state index in [0.717, 1.165) is 18.4 Å². The van der Waals surface area contributed by atoms with E-state index in [1.54, 1.807) is 0 Å². The molecule has 0 heterocycles. The third kappa shape index (κ3) is 15.6. The molecule has 5 nitrogen and oxygen atoms in total. The lowest BCUT2D eigenvalue weighted by molar-refractivity contribution is 0.0813. The minimum absolute atomic E-state index is 0.220. The van der Waals surface area contributed by atoms with Crippen LogP contribution in [0.2, 0.25) is 0 Å². The Bertz CT molecular complexity index is 655. The van der Waals surface area contributed by atoms with E-state index >= 15 is 0 Å². The van der Waals surface area contributed by atoms with E-state index in [1.807, 2.05) is 43.3 Å². The molecule has 0 aliphatic heterocycles. The number of rotatable bonds is 20.